The molecule has 130 valence electrons. The zero-order valence-electron chi connectivity index (χ0n) is 14.5. The molecule has 1 aliphatic heterocycles. The summed E-state index contributed by atoms with van der Waals surface area (Å²) in [5, 5.41) is 0. The van der Waals surface area contributed by atoms with Crippen molar-refractivity contribution in [3.63, 3.8) is 0 Å². The van der Waals surface area contributed by atoms with Gasteiger partial charge in [0, 0.05) is 43.9 Å². The van der Waals surface area contributed by atoms with E-state index in [0.717, 1.165) is 43.3 Å². The Kier molecular flexibility index (Phi) is 4.68. The quantitative estimate of drug-likeness (QED) is 0.716. The largest absolute Gasteiger partial charge is 0.465 e. The van der Waals surface area contributed by atoms with Crippen molar-refractivity contribution in [1.82, 2.24) is 14.5 Å². The van der Waals surface area contributed by atoms with Gasteiger partial charge in [0.1, 0.15) is 11.5 Å². The van der Waals surface area contributed by atoms with Gasteiger partial charge in [-0.3, -0.25) is 9.88 Å². The molecule has 4 heterocycles. The standard InChI is InChI=1S/C20H23N3O2/c1-16-6-7-19(25-16)12-22-11-18-5-3-9-23(18)14-20(13-22)24-15-17-4-2-8-21-10-17/h2-10,20H,11-15H2,1H3. The van der Waals surface area contributed by atoms with Gasteiger partial charge >= 0.3 is 0 Å². The molecule has 0 saturated carbocycles. The van der Waals surface area contributed by atoms with Crippen LogP contribution in [0.3, 0.4) is 0 Å². The monoisotopic (exact) mass is 337 g/mol. The minimum absolute atomic E-state index is 0.130. The third kappa shape index (κ3) is 4.00. The number of nitrogens with zero attached hydrogens (tertiary/aromatic N) is 3. The van der Waals surface area contributed by atoms with Gasteiger partial charge in [0.25, 0.3) is 0 Å². The van der Waals surface area contributed by atoms with Crippen LogP contribution in [0.1, 0.15) is 22.8 Å². The maximum atomic E-state index is 6.22. The number of aromatic nitrogens is 2. The zero-order chi connectivity index (χ0) is 17.1. The van der Waals surface area contributed by atoms with Crippen LogP contribution in [0.4, 0.5) is 0 Å². The third-order valence-corrected chi connectivity index (χ3v) is 4.56. The summed E-state index contributed by atoms with van der Waals surface area (Å²) in [7, 11) is 0. The fourth-order valence-corrected chi connectivity index (χ4v) is 3.34. The van der Waals surface area contributed by atoms with E-state index in [1.165, 1.54) is 5.69 Å². The molecule has 0 spiro atoms. The summed E-state index contributed by atoms with van der Waals surface area (Å²) in [5.74, 6) is 1.96. The van der Waals surface area contributed by atoms with Crippen LogP contribution >= 0.6 is 0 Å². The number of pyridine rings is 1. The van der Waals surface area contributed by atoms with Gasteiger partial charge in [0.15, 0.2) is 0 Å². The van der Waals surface area contributed by atoms with Crippen molar-refractivity contribution in [1.29, 1.82) is 0 Å². The molecular formula is C20H23N3O2. The number of rotatable bonds is 5. The lowest BCUT2D eigenvalue weighted by atomic mass is 10.2. The molecule has 5 nitrogen and oxygen atoms in total. The van der Waals surface area contributed by atoms with E-state index in [9.17, 15) is 0 Å². The van der Waals surface area contributed by atoms with Gasteiger partial charge < -0.3 is 13.7 Å². The fraction of sp³-hybridized carbons (Fsp3) is 0.350. The molecule has 5 heteroatoms. The Bertz CT molecular complexity index is 809. The van der Waals surface area contributed by atoms with Crippen molar-refractivity contribution in [3.8, 4) is 0 Å². The van der Waals surface area contributed by atoms with Crippen molar-refractivity contribution in [2.24, 2.45) is 0 Å². The number of fused-ring (bicyclic) bond motifs is 1. The molecule has 3 aromatic heterocycles. The average Bonchev–Trinajstić information content (AvgIpc) is 3.19. The van der Waals surface area contributed by atoms with Gasteiger partial charge in [-0.05, 0) is 42.8 Å². The lowest BCUT2D eigenvalue weighted by molar-refractivity contribution is 0.00749. The van der Waals surface area contributed by atoms with Crippen molar-refractivity contribution in [3.05, 3.63) is 77.8 Å². The molecule has 0 amide bonds. The van der Waals surface area contributed by atoms with E-state index in [1.807, 2.05) is 31.3 Å². The van der Waals surface area contributed by atoms with E-state index in [-0.39, 0.29) is 6.10 Å². The Morgan fingerprint density at radius 2 is 2.16 bits per heavy atom. The predicted molar refractivity (Wildman–Crippen MR) is 94.8 cm³/mol. The van der Waals surface area contributed by atoms with Crippen LogP contribution in [0.25, 0.3) is 0 Å². The molecule has 0 N–H and O–H groups in total. The molecule has 0 saturated heterocycles. The summed E-state index contributed by atoms with van der Waals surface area (Å²) in [4.78, 5) is 6.55. The van der Waals surface area contributed by atoms with Crippen LogP contribution in [-0.2, 0) is 31.0 Å². The topological polar surface area (TPSA) is 43.4 Å². The summed E-state index contributed by atoms with van der Waals surface area (Å²) in [6.45, 7) is 6.02. The van der Waals surface area contributed by atoms with E-state index >= 15 is 0 Å². The van der Waals surface area contributed by atoms with Crippen molar-refractivity contribution >= 4 is 0 Å². The van der Waals surface area contributed by atoms with Gasteiger partial charge in [-0.25, -0.2) is 0 Å². The molecular weight excluding hydrogens is 314 g/mol. The lowest BCUT2D eigenvalue weighted by Crippen LogP contribution is -2.32. The first kappa shape index (κ1) is 16.1. The van der Waals surface area contributed by atoms with Crippen LogP contribution in [-0.4, -0.2) is 27.1 Å². The van der Waals surface area contributed by atoms with E-state index < -0.39 is 0 Å². The van der Waals surface area contributed by atoms with Gasteiger partial charge in [-0.15, -0.1) is 0 Å². The molecule has 1 unspecified atom stereocenters. The van der Waals surface area contributed by atoms with Crippen LogP contribution in [0.2, 0.25) is 0 Å². The molecule has 0 radical (unpaired) electrons. The molecule has 25 heavy (non-hydrogen) atoms. The Morgan fingerprint density at radius 1 is 1.20 bits per heavy atom. The van der Waals surface area contributed by atoms with Gasteiger partial charge in [-0.2, -0.15) is 0 Å². The predicted octanol–water partition coefficient (Wildman–Crippen LogP) is 3.39. The number of ether oxygens (including phenoxy) is 1. The highest BCUT2D eigenvalue weighted by molar-refractivity contribution is 5.11. The number of furan rings is 1. The van der Waals surface area contributed by atoms with Crippen LogP contribution < -0.4 is 0 Å². The summed E-state index contributed by atoms with van der Waals surface area (Å²) < 4.78 is 14.3. The highest BCUT2D eigenvalue weighted by Crippen LogP contribution is 2.19. The summed E-state index contributed by atoms with van der Waals surface area (Å²) in [6, 6.07) is 12.4. The van der Waals surface area contributed by atoms with E-state index in [4.69, 9.17) is 9.15 Å². The van der Waals surface area contributed by atoms with Gasteiger partial charge in [0.2, 0.25) is 0 Å². The fourth-order valence-electron chi connectivity index (χ4n) is 3.34. The molecule has 1 aliphatic rings. The first-order valence-corrected chi connectivity index (χ1v) is 8.68. The highest BCUT2D eigenvalue weighted by Gasteiger charge is 2.23. The first-order valence-electron chi connectivity index (χ1n) is 8.68. The van der Waals surface area contributed by atoms with E-state index in [1.54, 1.807) is 6.20 Å². The highest BCUT2D eigenvalue weighted by atomic mass is 16.5. The second-order valence-corrected chi connectivity index (χ2v) is 6.63. The van der Waals surface area contributed by atoms with E-state index in [2.05, 4.69) is 38.8 Å². The minimum atomic E-state index is 0.130. The van der Waals surface area contributed by atoms with E-state index in [0.29, 0.717) is 6.61 Å². The summed E-state index contributed by atoms with van der Waals surface area (Å²) >= 11 is 0. The minimum Gasteiger partial charge on any atom is -0.465 e. The molecule has 4 rings (SSSR count). The molecule has 3 aromatic rings. The van der Waals surface area contributed by atoms with Crippen molar-refractivity contribution in [2.45, 2.75) is 39.3 Å². The second kappa shape index (κ2) is 7.25. The van der Waals surface area contributed by atoms with Crippen LogP contribution in [0, 0.1) is 6.92 Å². The molecule has 0 aromatic carbocycles. The maximum absolute atomic E-state index is 6.22. The average molecular weight is 337 g/mol. The maximum Gasteiger partial charge on any atom is 0.118 e. The number of aryl methyl sites for hydroxylation is 1. The van der Waals surface area contributed by atoms with Crippen molar-refractivity contribution in [2.75, 3.05) is 6.54 Å². The SMILES string of the molecule is Cc1ccc(CN2Cc3cccn3CC(OCc3cccnc3)C2)o1. The zero-order valence-corrected chi connectivity index (χ0v) is 14.5. The molecule has 0 bridgehead atoms. The smallest absolute Gasteiger partial charge is 0.118 e. The summed E-state index contributed by atoms with van der Waals surface area (Å²) in [5.41, 5.74) is 2.42. The van der Waals surface area contributed by atoms with Crippen molar-refractivity contribution < 1.29 is 9.15 Å². The molecule has 1 atom stereocenters. The van der Waals surface area contributed by atoms with Crippen LogP contribution in [0.15, 0.2) is 59.4 Å². The van der Waals surface area contributed by atoms with Gasteiger partial charge in [0.05, 0.1) is 19.3 Å². The van der Waals surface area contributed by atoms with Crippen LogP contribution in [0.5, 0.6) is 0 Å². The Morgan fingerprint density at radius 3 is 2.96 bits per heavy atom. The molecule has 0 aliphatic carbocycles. The first-order chi connectivity index (χ1) is 12.3. The Hall–Kier alpha value is -2.37. The Labute approximate surface area is 147 Å². The van der Waals surface area contributed by atoms with Gasteiger partial charge in [-0.1, -0.05) is 6.07 Å². The molecule has 0 fully saturated rings. The Balaban J connectivity index is 1.47. The normalized spacial score (nSPS) is 18.0. The summed E-state index contributed by atoms with van der Waals surface area (Å²) in [6.07, 6.45) is 5.91. The number of hydrogen-bond donors (Lipinski definition) is 0. The second-order valence-electron chi connectivity index (χ2n) is 6.63. The number of hydrogen-bond acceptors (Lipinski definition) is 4. The third-order valence-electron chi connectivity index (χ3n) is 4.56. The lowest BCUT2D eigenvalue weighted by Gasteiger charge is -2.23.